The quantitative estimate of drug-likeness (QED) is 0.886. The summed E-state index contributed by atoms with van der Waals surface area (Å²) in [6, 6.07) is 8.73. The van der Waals surface area contributed by atoms with Crippen LogP contribution in [0.3, 0.4) is 0 Å². The number of carbonyl (C=O) groups is 1. The van der Waals surface area contributed by atoms with Crippen molar-refractivity contribution in [2.24, 2.45) is 0 Å². The summed E-state index contributed by atoms with van der Waals surface area (Å²) in [6.45, 7) is 0.151. The Morgan fingerprint density at radius 3 is 2.81 bits per heavy atom. The van der Waals surface area contributed by atoms with Gasteiger partial charge in [0.15, 0.2) is 17.3 Å². The normalized spacial score (nSPS) is 12.1. The van der Waals surface area contributed by atoms with Crippen LogP contribution in [0.25, 0.3) is 0 Å². The van der Waals surface area contributed by atoms with Crippen LogP contribution in [0.15, 0.2) is 36.4 Å². The second-order valence-corrected chi connectivity index (χ2v) is 4.66. The molecule has 2 N–H and O–H groups in total. The Hall–Kier alpha value is -2.47. The number of ether oxygens (including phenoxy) is 2. The SMILES string of the molecule is O=C(Nc1ccc2c(c1)OCO2)Nc1cccc(Cl)c1F. The Morgan fingerprint density at radius 1 is 1.14 bits per heavy atom. The minimum Gasteiger partial charge on any atom is -0.454 e. The summed E-state index contributed by atoms with van der Waals surface area (Å²) < 4.78 is 24.0. The van der Waals surface area contributed by atoms with E-state index < -0.39 is 11.8 Å². The standard InChI is InChI=1S/C14H10ClFN2O3/c15-9-2-1-3-10(13(9)16)18-14(19)17-8-4-5-11-12(6-8)21-7-20-11/h1-6H,7H2,(H2,17,18,19). The highest BCUT2D eigenvalue weighted by Gasteiger charge is 2.15. The van der Waals surface area contributed by atoms with Crippen LogP contribution in [0, 0.1) is 5.82 Å². The van der Waals surface area contributed by atoms with Gasteiger partial charge in [0.1, 0.15) is 0 Å². The molecule has 2 amide bonds. The minimum atomic E-state index is -0.681. The first kappa shape index (κ1) is 13.5. The molecular weight excluding hydrogens is 299 g/mol. The molecule has 0 aliphatic carbocycles. The summed E-state index contributed by atoms with van der Waals surface area (Å²) in [4.78, 5) is 11.8. The van der Waals surface area contributed by atoms with Crippen LogP contribution in [-0.2, 0) is 0 Å². The van der Waals surface area contributed by atoms with Gasteiger partial charge in [-0.3, -0.25) is 0 Å². The Labute approximate surface area is 124 Å². The second kappa shape index (κ2) is 5.49. The fraction of sp³-hybridized carbons (Fsp3) is 0.0714. The fourth-order valence-corrected chi connectivity index (χ4v) is 2.03. The second-order valence-electron chi connectivity index (χ2n) is 4.25. The number of hydrogen-bond acceptors (Lipinski definition) is 3. The molecule has 108 valence electrons. The highest BCUT2D eigenvalue weighted by molar-refractivity contribution is 6.31. The Morgan fingerprint density at radius 2 is 1.95 bits per heavy atom. The van der Waals surface area contributed by atoms with Crippen molar-refractivity contribution in [2.45, 2.75) is 0 Å². The molecule has 1 aliphatic heterocycles. The molecule has 1 aliphatic rings. The van der Waals surface area contributed by atoms with E-state index in [1.807, 2.05) is 0 Å². The molecule has 1 heterocycles. The summed E-state index contributed by atoms with van der Waals surface area (Å²) in [5.74, 6) is 0.476. The van der Waals surface area contributed by atoms with Gasteiger partial charge in [0, 0.05) is 11.8 Å². The number of hydrogen-bond donors (Lipinski definition) is 2. The zero-order valence-electron chi connectivity index (χ0n) is 10.7. The first-order valence-corrected chi connectivity index (χ1v) is 6.43. The van der Waals surface area contributed by atoms with E-state index in [0.29, 0.717) is 17.2 Å². The van der Waals surface area contributed by atoms with Gasteiger partial charge in [-0.2, -0.15) is 0 Å². The summed E-state index contributed by atoms with van der Waals surface area (Å²) in [7, 11) is 0. The predicted molar refractivity (Wildman–Crippen MR) is 76.6 cm³/mol. The number of fused-ring (bicyclic) bond motifs is 1. The number of carbonyl (C=O) groups excluding carboxylic acids is 1. The predicted octanol–water partition coefficient (Wildman–Crippen LogP) is 3.85. The Bertz CT molecular complexity index is 709. The molecule has 0 atom stereocenters. The molecule has 0 spiro atoms. The van der Waals surface area contributed by atoms with Gasteiger partial charge in [0.05, 0.1) is 10.7 Å². The largest absolute Gasteiger partial charge is 0.454 e. The van der Waals surface area contributed by atoms with Gasteiger partial charge in [-0.1, -0.05) is 17.7 Å². The van der Waals surface area contributed by atoms with Crippen molar-refractivity contribution in [1.29, 1.82) is 0 Å². The summed E-state index contributed by atoms with van der Waals surface area (Å²) in [5.41, 5.74) is 0.500. The Balaban J connectivity index is 1.70. The molecule has 5 nitrogen and oxygen atoms in total. The van der Waals surface area contributed by atoms with E-state index in [4.69, 9.17) is 21.1 Å². The van der Waals surface area contributed by atoms with Crippen molar-refractivity contribution in [3.8, 4) is 11.5 Å². The molecule has 0 fully saturated rings. The molecule has 0 saturated carbocycles. The fourth-order valence-electron chi connectivity index (χ4n) is 1.86. The van der Waals surface area contributed by atoms with Crippen LogP contribution >= 0.6 is 11.6 Å². The molecule has 0 aromatic heterocycles. The van der Waals surface area contributed by atoms with E-state index in [1.165, 1.54) is 12.1 Å². The first-order chi connectivity index (χ1) is 10.1. The molecule has 2 aromatic rings. The van der Waals surface area contributed by atoms with Gasteiger partial charge < -0.3 is 20.1 Å². The van der Waals surface area contributed by atoms with E-state index in [9.17, 15) is 9.18 Å². The molecule has 0 bridgehead atoms. The van der Waals surface area contributed by atoms with Gasteiger partial charge >= 0.3 is 6.03 Å². The van der Waals surface area contributed by atoms with E-state index in [0.717, 1.165) is 0 Å². The monoisotopic (exact) mass is 308 g/mol. The van der Waals surface area contributed by atoms with E-state index in [-0.39, 0.29) is 17.5 Å². The van der Waals surface area contributed by atoms with Gasteiger partial charge in [-0.05, 0) is 24.3 Å². The van der Waals surface area contributed by atoms with Crippen LogP contribution in [0.2, 0.25) is 5.02 Å². The third-order valence-electron chi connectivity index (χ3n) is 2.83. The van der Waals surface area contributed by atoms with Crippen LogP contribution in [0.5, 0.6) is 11.5 Å². The van der Waals surface area contributed by atoms with Crippen molar-refractivity contribution in [2.75, 3.05) is 17.4 Å². The van der Waals surface area contributed by atoms with Crippen molar-refractivity contribution in [1.82, 2.24) is 0 Å². The number of amides is 2. The summed E-state index contributed by atoms with van der Waals surface area (Å²) >= 11 is 5.64. The number of halogens is 2. The zero-order valence-corrected chi connectivity index (χ0v) is 11.4. The number of benzene rings is 2. The van der Waals surface area contributed by atoms with Crippen LogP contribution in [0.1, 0.15) is 0 Å². The number of nitrogens with one attached hydrogen (secondary N) is 2. The third-order valence-corrected chi connectivity index (χ3v) is 3.12. The van der Waals surface area contributed by atoms with Crippen molar-refractivity contribution < 1.29 is 18.7 Å². The lowest BCUT2D eigenvalue weighted by Crippen LogP contribution is -2.20. The molecule has 2 aromatic carbocycles. The maximum absolute atomic E-state index is 13.7. The molecule has 7 heteroatoms. The lowest BCUT2D eigenvalue weighted by Gasteiger charge is -2.09. The summed E-state index contributed by atoms with van der Waals surface area (Å²) in [5, 5.41) is 4.90. The average molecular weight is 309 g/mol. The zero-order chi connectivity index (χ0) is 14.8. The van der Waals surface area contributed by atoms with Crippen molar-refractivity contribution in [3.63, 3.8) is 0 Å². The average Bonchev–Trinajstić information content (AvgIpc) is 2.91. The van der Waals surface area contributed by atoms with Crippen LogP contribution in [0.4, 0.5) is 20.6 Å². The number of anilines is 2. The highest BCUT2D eigenvalue weighted by atomic mass is 35.5. The summed E-state index contributed by atoms with van der Waals surface area (Å²) in [6.07, 6.45) is 0. The van der Waals surface area contributed by atoms with Crippen molar-refractivity contribution >= 4 is 29.0 Å². The van der Waals surface area contributed by atoms with Crippen LogP contribution in [-0.4, -0.2) is 12.8 Å². The number of urea groups is 1. The molecular formula is C14H10ClFN2O3. The third kappa shape index (κ3) is 2.85. The number of rotatable bonds is 2. The van der Waals surface area contributed by atoms with Gasteiger partial charge in [-0.15, -0.1) is 0 Å². The molecule has 0 saturated heterocycles. The smallest absolute Gasteiger partial charge is 0.323 e. The van der Waals surface area contributed by atoms with Gasteiger partial charge in [0.25, 0.3) is 0 Å². The Kier molecular flexibility index (Phi) is 3.53. The van der Waals surface area contributed by atoms with Crippen LogP contribution < -0.4 is 20.1 Å². The molecule has 21 heavy (non-hydrogen) atoms. The van der Waals surface area contributed by atoms with E-state index in [1.54, 1.807) is 24.3 Å². The maximum atomic E-state index is 13.7. The lowest BCUT2D eigenvalue weighted by atomic mass is 10.3. The van der Waals surface area contributed by atoms with E-state index >= 15 is 0 Å². The lowest BCUT2D eigenvalue weighted by molar-refractivity contribution is 0.174. The minimum absolute atomic E-state index is 0.000688. The van der Waals surface area contributed by atoms with Gasteiger partial charge in [0.2, 0.25) is 6.79 Å². The van der Waals surface area contributed by atoms with E-state index in [2.05, 4.69) is 10.6 Å². The highest BCUT2D eigenvalue weighted by Crippen LogP contribution is 2.34. The first-order valence-electron chi connectivity index (χ1n) is 6.05. The van der Waals surface area contributed by atoms with Gasteiger partial charge in [-0.25, -0.2) is 9.18 Å². The molecule has 0 unspecified atom stereocenters. The van der Waals surface area contributed by atoms with Crippen molar-refractivity contribution in [3.05, 3.63) is 47.2 Å². The molecule has 0 radical (unpaired) electrons. The maximum Gasteiger partial charge on any atom is 0.323 e. The molecule has 3 rings (SSSR count). The topological polar surface area (TPSA) is 59.6 Å².